The topological polar surface area (TPSA) is 67.8 Å². The molecule has 0 heterocycles. The molecule has 1 aliphatic rings. The minimum absolute atomic E-state index is 0.0930. The molecule has 0 aliphatic heterocycles. The van der Waals surface area contributed by atoms with Gasteiger partial charge < -0.3 is 4.74 Å². The first-order valence-electron chi connectivity index (χ1n) is 7.42. The van der Waals surface area contributed by atoms with Gasteiger partial charge in [-0.1, -0.05) is 36.4 Å². The molecule has 3 rings (SSSR count). The number of rotatable bonds is 4. The Morgan fingerprint density at radius 1 is 1.17 bits per heavy atom. The van der Waals surface area contributed by atoms with E-state index in [1.807, 2.05) is 31.2 Å². The number of carbonyl (C=O) groups is 2. The van der Waals surface area contributed by atoms with Gasteiger partial charge in [0.25, 0.3) is 5.91 Å². The van der Waals surface area contributed by atoms with Crippen molar-refractivity contribution in [2.24, 2.45) is 5.10 Å². The highest BCUT2D eigenvalue weighted by Crippen LogP contribution is 2.20. The number of benzene rings is 2. The summed E-state index contributed by atoms with van der Waals surface area (Å²) in [4.78, 5) is 24.3. The molecule has 1 N–H and O–H groups in total. The standard InChI is InChI=1S/C18H16N2O3/c1-2-23-16-10-6-5-9-14(16)18(22)20-19-17-13-8-4-3-7-12(13)11-15(17)21/h3-10H,2,11H2,1H3,(H,20,22)/b19-17+. The Kier molecular flexibility index (Phi) is 4.19. The average molecular weight is 308 g/mol. The maximum atomic E-state index is 12.3. The van der Waals surface area contributed by atoms with Gasteiger partial charge in [-0.2, -0.15) is 5.10 Å². The van der Waals surface area contributed by atoms with E-state index in [1.165, 1.54) is 0 Å². The Hall–Kier alpha value is -2.95. The summed E-state index contributed by atoms with van der Waals surface area (Å²) in [5.74, 6) is -0.00540. The van der Waals surface area contributed by atoms with Crippen LogP contribution < -0.4 is 10.2 Å². The van der Waals surface area contributed by atoms with Crippen LogP contribution in [0.4, 0.5) is 0 Å². The summed E-state index contributed by atoms with van der Waals surface area (Å²) in [6.45, 7) is 2.31. The number of nitrogens with zero attached hydrogens (tertiary/aromatic N) is 1. The van der Waals surface area contributed by atoms with Crippen LogP contribution in [0.2, 0.25) is 0 Å². The lowest BCUT2D eigenvalue weighted by Crippen LogP contribution is -2.22. The molecule has 0 unspecified atom stereocenters. The fourth-order valence-corrected chi connectivity index (χ4v) is 2.54. The second kappa shape index (κ2) is 6.44. The molecule has 23 heavy (non-hydrogen) atoms. The van der Waals surface area contributed by atoms with E-state index >= 15 is 0 Å². The van der Waals surface area contributed by atoms with Gasteiger partial charge in [0, 0.05) is 12.0 Å². The fourth-order valence-electron chi connectivity index (χ4n) is 2.54. The van der Waals surface area contributed by atoms with Gasteiger partial charge in [0.15, 0.2) is 5.78 Å². The van der Waals surface area contributed by atoms with Crippen molar-refractivity contribution in [1.29, 1.82) is 0 Å². The van der Waals surface area contributed by atoms with Gasteiger partial charge in [-0.3, -0.25) is 9.59 Å². The molecule has 0 aromatic heterocycles. The number of carbonyl (C=O) groups excluding carboxylic acids is 2. The summed E-state index contributed by atoms with van der Waals surface area (Å²) < 4.78 is 5.43. The van der Waals surface area contributed by atoms with E-state index in [4.69, 9.17) is 4.74 Å². The molecular formula is C18H16N2O3. The number of para-hydroxylation sites is 1. The highest BCUT2D eigenvalue weighted by molar-refractivity contribution is 6.49. The van der Waals surface area contributed by atoms with Crippen LogP contribution in [0, 0.1) is 0 Å². The Bertz CT molecular complexity index is 796. The van der Waals surface area contributed by atoms with Crippen molar-refractivity contribution in [3.8, 4) is 5.75 Å². The maximum absolute atomic E-state index is 12.3. The summed E-state index contributed by atoms with van der Waals surface area (Å²) in [5, 5.41) is 4.04. The number of fused-ring (bicyclic) bond motifs is 1. The lowest BCUT2D eigenvalue weighted by atomic mass is 10.1. The van der Waals surface area contributed by atoms with Crippen molar-refractivity contribution in [3.05, 3.63) is 65.2 Å². The summed E-state index contributed by atoms with van der Waals surface area (Å²) >= 11 is 0. The summed E-state index contributed by atoms with van der Waals surface area (Å²) in [7, 11) is 0. The minimum Gasteiger partial charge on any atom is -0.493 e. The quantitative estimate of drug-likeness (QED) is 0.882. The zero-order valence-corrected chi connectivity index (χ0v) is 12.7. The lowest BCUT2D eigenvalue weighted by Gasteiger charge is -2.08. The van der Waals surface area contributed by atoms with E-state index in [9.17, 15) is 9.59 Å². The summed E-state index contributed by atoms with van der Waals surface area (Å²) in [6.07, 6.45) is 0.320. The van der Waals surface area contributed by atoms with Crippen molar-refractivity contribution < 1.29 is 14.3 Å². The Morgan fingerprint density at radius 3 is 2.74 bits per heavy atom. The monoisotopic (exact) mass is 308 g/mol. The van der Waals surface area contributed by atoms with Crippen LogP contribution in [0.3, 0.4) is 0 Å². The molecule has 1 amide bonds. The second-order valence-corrected chi connectivity index (χ2v) is 5.09. The molecule has 0 radical (unpaired) electrons. The average Bonchev–Trinajstić information content (AvgIpc) is 2.89. The molecule has 5 heteroatoms. The van der Waals surface area contributed by atoms with Crippen LogP contribution in [-0.4, -0.2) is 24.0 Å². The van der Waals surface area contributed by atoms with E-state index in [-0.39, 0.29) is 5.78 Å². The predicted octanol–water partition coefficient (Wildman–Crippen LogP) is 2.34. The number of nitrogens with one attached hydrogen (secondary N) is 1. The van der Waals surface area contributed by atoms with E-state index < -0.39 is 5.91 Å². The third kappa shape index (κ3) is 2.99. The van der Waals surface area contributed by atoms with Gasteiger partial charge in [-0.05, 0) is 24.6 Å². The van der Waals surface area contributed by atoms with E-state index in [1.54, 1.807) is 24.3 Å². The van der Waals surface area contributed by atoms with Crippen LogP contribution in [0.25, 0.3) is 0 Å². The molecule has 0 saturated heterocycles. The van der Waals surface area contributed by atoms with Crippen molar-refractivity contribution in [1.82, 2.24) is 5.43 Å². The number of hydrogen-bond donors (Lipinski definition) is 1. The van der Waals surface area contributed by atoms with Crippen LogP contribution in [0.15, 0.2) is 53.6 Å². The van der Waals surface area contributed by atoms with Gasteiger partial charge in [-0.25, -0.2) is 5.43 Å². The predicted molar refractivity (Wildman–Crippen MR) is 86.8 cm³/mol. The number of hydrogen-bond acceptors (Lipinski definition) is 4. The Balaban J connectivity index is 1.83. The molecule has 1 aliphatic carbocycles. The van der Waals surface area contributed by atoms with Crippen LogP contribution >= 0.6 is 0 Å². The number of ketones is 1. The molecule has 0 atom stereocenters. The van der Waals surface area contributed by atoms with Gasteiger partial charge in [-0.15, -0.1) is 0 Å². The normalized spacial score (nSPS) is 14.7. The highest BCUT2D eigenvalue weighted by atomic mass is 16.5. The zero-order valence-electron chi connectivity index (χ0n) is 12.7. The largest absolute Gasteiger partial charge is 0.493 e. The van der Waals surface area contributed by atoms with E-state index in [0.29, 0.717) is 30.1 Å². The molecule has 2 aromatic carbocycles. The van der Waals surface area contributed by atoms with Crippen LogP contribution in [0.5, 0.6) is 5.75 Å². The highest BCUT2D eigenvalue weighted by Gasteiger charge is 2.26. The van der Waals surface area contributed by atoms with Crippen molar-refractivity contribution in [2.75, 3.05) is 6.61 Å². The number of hydrazone groups is 1. The van der Waals surface area contributed by atoms with Gasteiger partial charge in [0.2, 0.25) is 0 Å². The lowest BCUT2D eigenvalue weighted by molar-refractivity contribution is -0.112. The summed E-state index contributed by atoms with van der Waals surface area (Å²) in [6, 6.07) is 14.4. The van der Waals surface area contributed by atoms with E-state index in [0.717, 1.165) is 11.1 Å². The number of amides is 1. The SMILES string of the molecule is CCOc1ccccc1C(=O)N/N=C1/C(=O)Cc2ccccc21. The van der Waals surface area contributed by atoms with Crippen LogP contribution in [-0.2, 0) is 11.2 Å². The van der Waals surface area contributed by atoms with Gasteiger partial charge in [0.1, 0.15) is 11.5 Å². The Morgan fingerprint density at radius 2 is 1.91 bits per heavy atom. The van der Waals surface area contributed by atoms with Gasteiger partial charge in [0.05, 0.1) is 12.2 Å². The number of Topliss-reactive ketones (excluding diaryl/α,β-unsaturated/α-hetero) is 1. The molecule has 0 spiro atoms. The molecule has 116 valence electrons. The third-order valence-corrected chi connectivity index (χ3v) is 3.59. The molecule has 0 fully saturated rings. The third-order valence-electron chi connectivity index (χ3n) is 3.59. The molecule has 5 nitrogen and oxygen atoms in total. The fraction of sp³-hybridized carbons (Fsp3) is 0.167. The number of ether oxygens (including phenoxy) is 1. The van der Waals surface area contributed by atoms with Crippen molar-refractivity contribution >= 4 is 17.4 Å². The molecular weight excluding hydrogens is 292 g/mol. The smallest absolute Gasteiger partial charge is 0.275 e. The molecule has 0 saturated carbocycles. The van der Waals surface area contributed by atoms with Gasteiger partial charge >= 0.3 is 0 Å². The molecule has 0 bridgehead atoms. The minimum atomic E-state index is -0.404. The zero-order chi connectivity index (χ0) is 16.2. The van der Waals surface area contributed by atoms with Crippen molar-refractivity contribution in [3.63, 3.8) is 0 Å². The summed E-state index contributed by atoms with van der Waals surface area (Å²) in [5.41, 5.74) is 4.84. The first-order chi connectivity index (χ1) is 11.2. The second-order valence-electron chi connectivity index (χ2n) is 5.09. The first-order valence-corrected chi connectivity index (χ1v) is 7.42. The Labute approximate surface area is 134 Å². The first kappa shape index (κ1) is 15.0. The maximum Gasteiger partial charge on any atom is 0.275 e. The van der Waals surface area contributed by atoms with Crippen molar-refractivity contribution in [2.45, 2.75) is 13.3 Å². The van der Waals surface area contributed by atoms with E-state index in [2.05, 4.69) is 10.5 Å². The molecule has 2 aromatic rings. The van der Waals surface area contributed by atoms with Crippen LogP contribution in [0.1, 0.15) is 28.4 Å².